The number of fused-ring (bicyclic) bond motifs is 1. The van der Waals surface area contributed by atoms with Gasteiger partial charge in [0.2, 0.25) is 5.91 Å². The van der Waals surface area contributed by atoms with Crippen LogP contribution in [0.1, 0.15) is 34.1 Å². The lowest BCUT2D eigenvalue weighted by atomic mass is 9.87. The van der Waals surface area contributed by atoms with Gasteiger partial charge in [-0.05, 0) is 55.0 Å². The molecule has 0 radical (unpaired) electrons. The summed E-state index contributed by atoms with van der Waals surface area (Å²) in [5, 5.41) is 16.5. The number of amides is 2. The molecule has 0 aliphatic heterocycles. The quantitative estimate of drug-likeness (QED) is 0.143. The van der Waals surface area contributed by atoms with Crippen LogP contribution in [0.3, 0.4) is 0 Å². The highest BCUT2D eigenvalue weighted by Gasteiger charge is 2.37. The van der Waals surface area contributed by atoms with Crippen LogP contribution in [0.15, 0.2) is 72.9 Å². The maximum absolute atomic E-state index is 14.6. The minimum absolute atomic E-state index is 0.0544. The molecule has 1 atom stereocenters. The molecule has 13 heteroatoms. The zero-order chi connectivity index (χ0) is 33.9. The molecule has 4 N–H and O–H groups in total. The topological polar surface area (TPSA) is 137 Å². The van der Waals surface area contributed by atoms with Gasteiger partial charge in [-0.1, -0.05) is 59.1 Å². The van der Waals surface area contributed by atoms with Gasteiger partial charge in [0.25, 0.3) is 5.91 Å². The number of aliphatic hydroxyl groups is 1. The van der Waals surface area contributed by atoms with Gasteiger partial charge >= 0.3 is 0 Å². The molecule has 9 nitrogen and oxygen atoms in total. The van der Waals surface area contributed by atoms with Gasteiger partial charge in [-0.3, -0.25) is 14.6 Å². The molecule has 0 fully saturated rings. The Bertz CT molecular complexity index is 2010. The summed E-state index contributed by atoms with van der Waals surface area (Å²) in [4.78, 5) is 34.9. The van der Waals surface area contributed by atoms with E-state index < -0.39 is 29.8 Å². The van der Waals surface area contributed by atoms with Gasteiger partial charge in [-0.15, -0.1) is 0 Å². The molecule has 3 aromatic carbocycles. The number of nitrogens with zero attached hydrogens (tertiary/aromatic N) is 2. The fourth-order valence-electron chi connectivity index (χ4n) is 5.16. The van der Waals surface area contributed by atoms with Crippen LogP contribution in [0.25, 0.3) is 22.2 Å². The van der Waals surface area contributed by atoms with Gasteiger partial charge in [-0.2, -0.15) is 0 Å². The minimum atomic E-state index is -2.15. The van der Waals surface area contributed by atoms with Gasteiger partial charge < -0.3 is 25.6 Å². The Morgan fingerprint density at radius 2 is 1.83 bits per heavy atom. The van der Waals surface area contributed by atoms with Gasteiger partial charge in [0.1, 0.15) is 34.1 Å². The van der Waals surface area contributed by atoms with Crippen molar-refractivity contribution < 1.29 is 28.6 Å². The van der Waals surface area contributed by atoms with Crippen molar-refractivity contribution in [3.05, 3.63) is 116 Å². The maximum atomic E-state index is 14.6. The Hall–Kier alpha value is -4.48. The van der Waals surface area contributed by atoms with Crippen LogP contribution in [0, 0.1) is 5.82 Å². The van der Waals surface area contributed by atoms with Gasteiger partial charge in [0.15, 0.2) is 0 Å². The third-order valence-corrected chi connectivity index (χ3v) is 8.36. The number of pyridine rings is 2. The molecule has 0 aliphatic carbocycles. The number of halogens is 4. The van der Waals surface area contributed by atoms with E-state index in [9.17, 15) is 19.1 Å². The number of carbonyl (C=O) groups is 2. The van der Waals surface area contributed by atoms with Crippen LogP contribution >= 0.6 is 34.8 Å². The van der Waals surface area contributed by atoms with Crippen molar-refractivity contribution in [1.29, 1.82) is 0 Å². The Morgan fingerprint density at radius 1 is 1.06 bits per heavy atom. The summed E-state index contributed by atoms with van der Waals surface area (Å²) in [7, 11) is 1.44. The molecule has 2 amide bonds. The van der Waals surface area contributed by atoms with E-state index in [1.54, 1.807) is 37.3 Å². The molecular weight excluding hydrogens is 670 g/mol. The average molecular weight is 698 g/mol. The van der Waals surface area contributed by atoms with E-state index in [0.29, 0.717) is 27.2 Å². The number of ether oxygens (including phenoxy) is 2. The first-order chi connectivity index (χ1) is 22.4. The number of nitrogens with two attached hydrogens (primary N) is 1. The molecule has 0 saturated heterocycles. The highest BCUT2D eigenvalue weighted by Crippen LogP contribution is 2.42. The van der Waals surface area contributed by atoms with E-state index in [4.69, 9.17) is 55.0 Å². The van der Waals surface area contributed by atoms with Crippen LogP contribution in [0.5, 0.6) is 11.5 Å². The molecule has 0 saturated carbocycles. The van der Waals surface area contributed by atoms with E-state index in [0.717, 1.165) is 6.07 Å². The van der Waals surface area contributed by atoms with Crippen LogP contribution in [-0.4, -0.2) is 47.2 Å². The predicted octanol–water partition coefficient (Wildman–Crippen LogP) is 6.50. The second-order valence-corrected chi connectivity index (χ2v) is 11.7. The Morgan fingerprint density at radius 3 is 2.53 bits per heavy atom. The predicted molar refractivity (Wildman–Crippen MR) is 179 cm³/mol. The third kappa shape index (κ3) is 7.11. The molecule has 0 bridgehead atoms. The van der Waals surface area contributed by atoms with Crippen molar-refractivity contribution in [2.45, 2.75) is 18.9 Å². The Kier molecular flexibility index (Phi) is 10.2. The smallest absolute Gasteiger partial charge is 0.251 e. The lowest BCUT2D eigenvalue weighted by Crippen LogP contribution is -2.42. The van der Waals surface area contributed by atoms with Crippen LogP contribution in [-0.2, 0) is 16.8 Å². The molecule has 0 spiro atoms. The van der Waals surface area contributed by atoms with Crippen molar-refractivity contribution in [2.24, 2.45) is 5.73 Å². The molecule has 2 aromatic heterocycles. The molecule has 2 heterocycles. The molecule has 5 aromatic rings. The van der Waals surface area contributed by atoms with E-state index in [2.05, 4.69) is 10.3 Å². The monoisotopic (exact) mass is 696 g/mol. The fourth-order valence-corrected chi connectivity index (χ4v) is 5.72. The summed E-state index contributed by atoms with van der Waals surface area (Å²) in [5.41, 5.74) is 4.91. The summed E-state index contributed by atoms with van der Waals surface area (Å²) in [6.45, 7) is 1.46. The largest absolute Gasteiger partial charge is 0.494 e. The second kappa shape index (κ2) is 14.1. The molecule has 0 aliphatic rings. The Labute approximate surface area is 284 Å². The normalized spacial score (nSPS) is 12.4. The number of methoxy groups -OCH3 is 1. The van der Waals surface area contributed by atoms with Crippen LogP contribution in [0.4, 0.5) is 4.39 Å². The van der Waals surface area contributed by atoms with E-state index in [1.165, 1.54) is 43.6 Å². The molecular formula is C34H28Cl3FN4O5. The number of carbonyl (C=O) groups excluding carboxylic acids is 2. The average Bonchev–Trinajstić information content (AvgIpc) is 3.04. The minimum Gasteiger partial charge on any atom is -0.494 e. The van der Waals surface area contributed by atoms with E-state index in [1.807, 2.05) is 0 Å². The number of benzene rings is 3. The summed E-state index contributed by atoms with van der Waals surface area (Å²) in [5.74, 6) is -1.40. The molecule has 5 rings (SSSR count). The number of rotatable bonds is 11. The first kappa shape index (κ1) is 33.9. The zero-order valence-electron chi connectivity index (χ0n) is 25.1. The molecule has 242 valence electrons. The Balaban J connectivity index is 1.67. The third-order valence-electron chi connectivity index (χ3n) is 7.34. The SMILES string of the molecule is CCOc1c(CC(N)=O)cc([C@@](O)(CNC(=O)c2cc(OC)c3ncc(Cl)cc3c2)c2cccc(F)c2)nc1-c1cccc(Cl)c1Cl. The summed E-state index contributed by atoms with van der Waals surface area (Å²) in [6.07, 6.45) is 1.17. The number of primary amides is 1. The standard InChI is InChI=1S/C34H28Cl3FN4O5/c1-3-47-32-19(14-28(39)43)13-27(42-31(32)24-8-5-9-25(36)29(24)37)34(45,21-6-4-7-23(38)15-21)17-41-33(44)20-10-18-11-22(35)16-40-30(18)26(12-20)46-2/h4-13,15-16,45H,3,14,17H2,1-2H3,(H2,39,43)(H,41,44)/t34-/m1/s1. The van der Waals surface area contributed by atoms with Crippen molar-refractivity contribution >= 4 is 57.5 Å². The highest BCUT2D eigenvalue weighted by atomic mass is 35.5. The number of nitrogens with one attached hydrogen (secondary N) is 1. The van der Waals surface area contributed by atoms with Crippen molar-refractivity contribution in [3.63, 3.8) is 0 Å². The van der Waals surface area contributed by atoms with Crippen LogP contribution in [0.2, 0.25) is 15.1 Å². The van der Waals surface area contributed by atoms with Crippen molar-refractivity contribution in [1.82, 2.24) is 15.3 Å². The number of aromatic nitrogens is 2. The van der Waals surface area contributed by atoms with Gasteiger partial charge in [0.05, 0.1) is 47.4 Å². The van der Waals surface area contributed by atoms with E-state index >= 15 is 0 Å². The summed E-state index contributed by atoms with van der Waals surface area (Å²) < 4.78 is 26.0. The van der Waals surface area contributed by atoms with Crippen molar-refractivity contribution in [3.8, 4) is 22.8 Å². The van der Waals surface area contributed by atoms with Gasteiger partial charge in [-0.25, -0.2) is 9.37 Å². The number of hydrogen-bond donors (Lipinski definition) is 3. The first-order valence-electron chi connectivity index (χ1n) is 14.2. The lowest BCUT2D eigenvalue weighted by Gasteiger charge is -2.30. The molecule has 0 unspecified atom stereocenters. The van der Waals surface area contributed by atoms with Gasteiger partial charge in [0, 0.05) is 28.3 Å². The van der Waals surface area contributed by atoms with E-state index in [-0.39, 0.29) is 56.9 Å². The summed E-state index contributed by atoms with van der Waals surface area (Å²) in [6, 6.07) is 16.3. The fraction of sp³-hybridized carbons (Fsp3) is 0.176. The van der Waals surface area contributed by atoms with Crippen molar-refractivity contribution in [2.75, 3.05) is 20.3 Å². The first-order valence-corrected chi connectivity index (χ1v) is 15.4. The maximum Gasteiger partial charge on any atom is 0.251 e. The molecule has 47 heavy (non-hydrogen) atoms. The lowest BCUT2D eigenvalue weighted by molar-refractivity contribution is -0.117. The number of hydrogen-bond acceptors (Lipinski definition) is 7. The second-order valence-electron chi connectivity index (χ2n) is 10.5. The summed E-state index contributed by atoms with van der Waals surface area (Å²) >= 11 is 19.1. The highest BCUT2D eigenvalue weighted by molar-refractivity contribution is 6.43. The zero-order valence-corrected chi connectivity index (χ0v) is 27.4. The van der Waals surface area contributed by atoms with Crippen LogP contribution < -0.4 is 20.5 Å².